The summed E-state index contributed by atoms with van der Waals surface area (Å²) in [6, 6.07) is 0. The molecule has 8 rings (SSSR count). The number of aliphatic carboxylic acids is 1. The van der Waals surface area contributed by atoms with Crippen LogP contribution in [-0.2, 0) is 57.0 Å². The van der Waals surface area contributed by atoms with Crippen molar-refractivity contribution in [2.75, 3.05) is 26.4 Å². The van der Waals surface area contributed by atoms with E-state index in [0.29, 0.717) is 63.4 Å². The molecule has 2 bridgehead atoms. The van der Waals surface area contributed by atoms with Crippen molar-refractivity contribution in [1.82, 2.24) is 0 Å². The first kappa shape index (κ1) is 56.6. The molecule has 4 aliphatic carbocycles. The number of carboxylic acids is 1. The van der Waals surface area contributed by atoms with E-state index < -0.39 is 195 Å². The minimum absolute atomic E-state index is 0.0590. The van der Waals surface area contributed by atoms with Crippen molar-refractivity contribution >= 4 is 17.9 Å². The summed E-state index contributed by atoms with van der Waals surface area (Å²) in [5, 5.41) is 147. The minimum Gasteiger partial charge on any atom is -0.481 e. The van der Waals surface area contributed by atoms with Crippen LogP contribution in [0.2, 0.25) is 0 Å². The van der Waals surface area contributed by atoms with Crippen LogP contribution >= 0.6 is 0 Å². The van der Waals surface area contributed by atoms with Crippen LogP contribution in [-0.4, -0.2) is 244 Å². The van der Waals surface area contributed by atoms with Crippen molar-refractivity contribution in [2.24, 2.45) is 28.1 Å². The van der Waals surface area contributed by atoms with Crippen LogP contribution in [0.3, 0.4) is 0 Å². The third kappa shape index (κ3) is 10.0. The van der Waals surface area contributed by atoms with Crippen molar-refractivity contribution in [1.29, 1.82) is 0 Å². The molecule has 26 atom stereocenters. The fraction of sp³-hybridized carbons (Fsp3) is 0.894. The monoisotopic (exact) mass is 1050 g/mol. The van der Waals surface area contributed by atoms with E-state index in [1.165, 1.54) is 0 Å². The second-order valence-electron chi connectivity index (χ2n) is 21.8. The van der Waals surface area contributed by atoms with Gasteiger partial charge < -0.3 is 114 Å². The first-order valence-electron chi connectivity index (χ1n) is 24.9. The molecule has 4 saturated carbocycles. The lowest BCUT2D eigenvalue weighted by atomic mass is 9.41. The number of hydrogen-bond acceptors (Lipinski definition) is 25. The van der Waals surface area contributed by atoms with Gasteiger partial charge in [-0.2, -0.15) is 0 Å². The number of rotatable bonds is 15. The third-order valence-electron chi connectivity index (χ3n) is 17.6. The predicted octanol–water partition coefficient (Wildman–Crippen LogP) is -5.09. The average molecular weight is 1050 g/mol. The van der Waals surface area contributed by atoms with Gasteiger partial charge in [0.1, 0.15) is 98.0 Å². The number of hydrogen-bond donors (Lipinski definition) is 14. The van der Waals surface area contributed by atoms with Gasteiger partial charge in [0.15, 0.2) is 25.0 Å². The SMILES string of the molecule is C=C1C[C@@]23CC[C@H]4[C@@](C)(CCC[C@@]4(C)C(=O)O[C@@H]4OC(CO)[C@@H](O)C(O)C4OC(=O)CC(=O)O)[C@@H]2CC[C@]1(O[C@@H]1O[C@H](CO)C(O)C(OC2O[C@H](CO)C(O)C(O)[C@H]2O)[C@H]1O[C@@H]1OC(CO)[C@@H](O)C(O)C1O)C3. The predicted molar refractivity (Wildman–Crippen MR) is 235 cm³/mol. The molecule has 0 radical (unpaired) electrons. The molecule has 8 aliphatic rings. The van der Waals surface area contributed by atoms with Crippen molar-refractivity contribution in [3.05, 3.63) is 12.2 Å². The van der Waals surface area contributed by atoms with Gasteiger partial charge in [0.2, 0.25) is 6.29 Å². The molecule has 0 amide bonds. The van der Waals surface area contributed by atoms with Gasteiger partial charge in [-0.05, 0) is 86.5 Å². The molecule has 4 aliphatic heterocycles. The summed E-state index contributed by atoms with van der Waals surface area (Å²) in [5.41, 5.74) is -2.75. The highest BCUT2D eigenvalue weighted by Crippen LogP contribution is 2.74. The van der Waals surface area contributed by atoms with Crippen LogP contribution in [0.25, 0.3) is 0 Å². The molecule has 14 N–H and O–H groups in total. The summed E-state index contributed by atoms with van der Waals surface area (Å²) in [5.74, 6) is -3.95. The Morgan fingerprint density at radius 2 is 1.08 bits per heavy atom. The lowest BCUT2D eigenvalue weighted by molar-refractivity contribution is -0.400. The van der Waals surface area contributed by atoms with Crippen LogP contribution in [0.15, 0.2) is 12.2 Å². The van der Waals surface area contributed by atoms with Gasteiger partial charge in [-0.25, -0.2) is 0 Å². The van der Waals surface area contributed by atoms with Crippen molar-refractivity contribution in [3.63, 3.8) is 0 Å². The van der Waals surface area contributed by atoms with Crippen LogP contribution < -0.4 is 0 Å². The maximum Gasteiger partial charge on any atom is 0.317 e. The molecule has 26 heteroatoms. The van der Waals surface area contributed by atoms with Crippen LogP contribution in [0, 0.1) is 28.1 Å². The van der Waals surface area contributed by atoms with E-state index in [4.69, 9.17) is 47.7 Å². The molecule has 4 heterocycles. The number of carbonyl (C=O) groups excluding carboxylic acids is 2. The highest BCUT2D eigenvalue weighted by atomic mass is 16.8. The average Bonchev–Trinajstić information content (AvgIpc) is 3.54. The zero-order valence-corrected chi connectivity index (χ0v) is 40.5. The Kier molecular flexibility index (Phi) is 16.8. The lowest BCUT2D eigenvalue weighted by Gasteiger charge is -2.64. The normalized spacial score (nSPS) is 50.9. The van der Waals surface area contributed by atoms with Gasteiger partial charge in [-0.15, -0.1) is 0 Å². The van der Waals surface area contributed by atoms with Gasteiger partial charge in [0.25, 0.3) is 0 Å². The maximum absolute atomic E-state index is 14.6. The zero-order valence-electron chi connectivity index (χ0n) is 40.5. The molecule has 1 spiro atoms. The topological polar surface area (TPSA) is 418 Å². The van der Waals surface area contributed by atoms with E-state index in [9.17, 15) is 80.8 Å². The van der Waals surface area contributed by atoms with E-state index in [-0.39, 0.29) is 11.8 Å². The maximum atomic E-state index is 14.6. The standard InChI is InChI=1S/C47H72O26/c1-18-12-46-9-5-23-44(2,7-4-8-45(23,3)43(64)72-41-37(69-26(54)11-25(52)53)33(61)29(57)21(15-50)67-41)24(46)6-10-47(18,17-46)73-42-38(71-40-35(63)32(60)28(56)20(14-49)66-40)36(30(58)22(16-51)68-42)70-39-34(62)31(59)27(55)19(13-48)65-39/h19-24,27-42,48-51,55-63H,1,4-17H2,2-3H3,(H,52,53)/t19-,20?,21?,22-,23+,24+,27?,28-,29-,30?,31?,32?,33?,34-,35?,36?,37?,38-,39?,40+,41+,42+,44-,45-,46-,47+/m1/s1. The summed E-state index contributed by atoms with van der Waals surface area (Å²) in [7, 11) is 0. The number of carbonyl (C=O) groups is 3. The number of esters is 2. The van der Waals surface area contributed by atoms with Gasteiger partial charge in [0.05, 0.1) is 37.4 Å². The molecule has 416 valence electrons. The molecular formula is C47H72O26. The smallest absolute Gasteiger partial charge is 0.317 e. The Bertz CT molecular complexity index is 1990. The Labute approximate surface area is 418 Å². The molecule has 0 aromatic carbocycles. The largest absolute Gasteiger partial charge is 0.481 e. The molecule has 0 aromatic rings. The number of aliphatic hydroxyl groups excluding tert-OH is 13. The first-order valence-corrected chi connectivity index (χ1v) is 24.9. The van der Waals surface area contributed by atoms with Crippen LogP contribution in [0.5, 0.6) is 0 Å². The van der Waals surface area contributed by atoms with Gasteiger partial charge in [-0.3, -0.25) is 14.4 Å². The van der Waals surface area contributed by atoms with Crippen molar-refractivity contribution < 1.29 is 129 Å². The second kappa shape index (κ2) is 21.6. The number of fused-ring (bicyclic) bond motifs is 3. The third-order valence-corrected chi connectivity index (χ3v) is 17.6. The molecule has 26 nitrogen and oxygen atoms in total. The number of carboxylic acid groups (broad SMARTS) is 1. The van der Waals surface area contributed by atoms with Gasteiger partial charge >= 0.3 is 17.9 Å². The Morgan fingerprint density at radius 3 is 1.64 bits per heavy atom. The highest BCUT2D eigenvalue weighted by molar-refractivity contribution is 5.90. The summed E-state index contributed by atoms with van der Waals surface area (Å²) in [6.45, 7) is 5.08. The zero-order chi connectivity index (χ0) is 53.3. The summed E-state index contributed by atoms with van der Waals surface area (Å²) < 4.78 is 53.7. The lowest BCUT2D eigenvalue weighted by Crippen LogP contribution is -2.68. The molecule has 0 aromatic heterocycles. The summed E-state index contributed by atoms with van der Waals surface area (Å²) in [4.78, 5) is 38.3. The van der Waals surface area contributed by atoms with E-state index in [1.807, 2.05) is 0 Å². The Hall–Kier alpha value is -2.65. The summed E-state index contributed by atoms with van der Waals surface area (Å²) in [6.07, 6.45) is -32.2. The Morgan fingerprint density at radius 1 is 0.575 bits per heavy atom. The molecular weight excluding hydrogens is 980 g/mol. The van der Waals surface area contributed by atoms with Crippen LogP contribution in [0.1, 0.15) is 78.1 Å². The molecule has 4 saturated heterocycles. The van der Waals surface area contributed by atoms with Crippen molar-refractivity contribution in [2.45, 2.75) is 206 Å². The van der Waals surface area contributed by atoms with Crippen LogP contribution in [0.4, 0.5) is 0 Å². The molecule has 11 unspecified atom stereocenters. The van der Waals surface area contributed by atoms with E-state index in [2.05, 4.69) is 13.5 Å². The fourth-order valence-corrected chi connectivity index (χ4v) is 13.9. The molecule has 73 heavy (non-hydrogen) atoms. The first-order chi connectivity index (χ1) is 34.4. The van der Waals surface area contributed by atoms with Crippen molar-refractivity contribution in [3.8, 4) is 0 Å². The van der Waals surface area contributed by atoms with E-state index in [0.717, 1.165) is 0 Å². The second-order valence-corrected chi connectivity index (χ2v) is 21.8. The Balaban J connectivity index is 1.06. The fourth-order valence-electron chi connectivity index (χ4n) is 13.9. The minimum atomic E-state index is -1.98. The quantitative estimate of drug-likeness (QED) is 0.0316. The number of aliphatic hydroxyl groups is 13. The summed E-state index contributed by atoms with van der Waals surface area (Å²) >= 11 is 0. The van der Waals surface area contributed by atoms with Gasteiger partial charge in [-0.1, -0.05) is 19.9 Å². The van der Waals surface area contributed by atoms with Gasteiger partial charge in [0, 0.05) is 0 Å². The molecule has 8 fully saturated rings. The van der Waals surface area contributed by atoms with E-state index in [1.54, 1.807) is 6.92 Å². The number of ether oxygens (including phenoxy) is 9. The van der Waals surface area contributed by atoms with E-state index >= 15 is 0 Å². The highest BCUT2D eigenvalue weighted by Gasteiger charge is 2.70.